The molecule has 1 aromatic carbocycles. The number of nitrogens with zero attached hydrogens (tertiary/aromatic N) is 2. The number of sulfone groups is 1. The molecule has 114 valence electrons. The largest absolute Gasteiger partial charge is 0.399 e. The van der Waals surface area contributed by atoms with Crippen molar-refractivity contribution >= 4 is 27.1 Å². The maximum Gasteiger partial charge on any atom is 0.184 e. The summed E-state index contributed by atoms with van der Waals surface area (Å²) in [6, 6.07) is 3.23. The highest BCUT2D eigenvalue weighted by Crippen LogP contribution is 2.26. The summed E-state index contributed by atoms with van der Waals surface area (Å²) in [6.45, 7) is 1.87. The summed E-state index contributed by atoms with van der Waals surface area (Å²) in [5, 5.41) is 4.49. The SMILES string of the molecule is CCc1nn(C)c(CS(=O)(=O)c2cc(N)cc(F)c2)c1Cl. The van der Waals surface area contributed by atoms with E-state index in [4.69, 9.17) is 17.3 Å². The van der Waals surface area contributed by atoms with Crippen LogP contribution in [0.5, 0.6) is 0 Å². The van der Waals surface area contributed by atoms with Crippen LogP contribution in [0.1, 0.15) is 18.3 Å². The fourth-order valence-corrected chi connectivity index (χ4v) is 3.91. The van der Waals surface area contributed by atoms with Gasteiger partial charge in [-0.2, -0.15) is 5.10 Å². The van der Waals surface area contributed by atoms with E-state index in [0.717, 1.165) is 12.1 Å². The molecule has 2 rings (SSSR count). The predicted octanol–water partition coefficient (Wildman–Crippen LogP) is 2.33. The second-order valence-electron chi connectivity index (χ2n) is 4.66. The molecular formula is C13H15ClFN3O2S. The first-order valence-corrected chi connectivity index (χ1v) is 8.26. The van der Waals surface area contributed by atoms with Gasteiger partial charge in [0.15, 0.2) is 9.84 Å². The van der Waals surface area contributed by atoms with Crippen molar-refractivity contribution < 1.29 is 12.8 Å². The highest BCUT2D eigenvalue weighted by atomic mass is 35.5. The molecule has 0 radical (unpaired) electrons. The first-order valence-electron chi connectivity index (χ1n) is 6.23. The van der Waals surface area contributed by atoms with Gasteiger partial charge in [0.2, 0.25) is 0 Å². The number of halogens is 2. The van der Waals surface area contributed by atoms with E-state index >= 15 is 0 Å². The van der Waals surface area contributed by atoms with E-state index in [2.05, 4.69) is 5.10 Å². The molecule has 5 nitrogen and oxygen atoms in total. The van der Waals surface area contributed by atoms with Crippen LogP contribution in [0.15, 0.2) is 23.1 Å². The summed E-state index contributed by atoms with van der Waals surface area (Å²) in [5.74, 6) is -1.06. The van der Waals surface area contributed by atoms with Crippen molar-refractivity contribution in [2.45, 2.75) is 24.0 Å². The van der Waals surface area contributed by atoms with E-state index in [1.54, 1.807) is 7.05 Å². The molecule has 2 aromatic rings. The van der Waals surface area contributed by atoms with Crippen LogP contribution in [-0.4, -0.2) is 18.2 Å². The number of hydrogen-bond acceptors (Lipinski definition) is 4. The van der Waals surface area contributed by atoms with Crippen molar-refractivity contribution in [2.75, 3.05) is 5.73 Å². The van der Waals surface area contributed by atoms with E-state index < -0.39 is 15.7 Å². The highest BCUT2D eigenvalue weighted by Gasteiger charge is 2.23. The Bertz CT molecular complexity index is 767. The molecule has 2 N–H and O–H groups in total. The number of benzene rings is 1. The Morgan fingerprint density at radius 3 is 2.57 bits per heavy atom. The zero-order chi connectivity index (χ0) is 15.8. The minimum absolute atomic E-state index is 0.0546. The minimum atomic E-state index is -3.76. The van der Waals surface area contributed by atoms with E-state index in [0.29, 0.717) is 22.8 Å². The highest BCUT2D eigenvalue weighted by molar-refractivity contribution is 7.90. The molecule has 0 aliphatic carbocycles. The Labute approximate surface area is 127 Å². The molecule has 0 unspecified atom stereocenters. The lowest BCUT2D eigenvalue weighted by Gasteiger charge is -2.07. The van der Waals surface area contributed by atoms with Crippen LogP contribution in [0.2, 0.25) is 5.02 Å². The second kappa shape index (κ2) is 5.65. The average Bonchev–Trinajstić information content (AvgIpc) is 2.65. The molecule has 21 heavy (non-hydrogen) atoms. The van der Waals surface area contributed by atoms with Crippen molar-refractivity contribution in [3.8, 4) is 0 Å². The standard InChI is InChI=1S/C13H15ClFN3O2S/c1-3-11-13(14)12(18(2)17-11)7-21(19,20)10-5-8(15)4-9(16)6-10/h4-6H,3,7,16H2,1-2H3. The van der Waals surface area contributed by atoms with Gasteiger partial charge in [-0.1, -0.05) is 18.5 Å². The molecule has 0 spiro atoms. The van der Waals surface area contributed by atoms with Crippen LogP contribution in [0.3, 0.4) is 0 Å². The number of hydrogen-bond donors (Lipinski definition) is 1. The third-order valence-electron chi connectivity index (χ3n) is 3.08. The Hall–Kier alpha value is -1.60. The fourth-order valence-electron chi connectivity index (χ4n) is 2.00. The summed E-state index contributed by atoms with van der Waals surface area (Å²) < 4.78 is 39.5. The summed E-state index contributed by atoms with van der Waals surface area (Å²) in [4.78, 5) is -0.171. The smallest absolute Gasteiger partial charge is 0.184 e. The van der Waals surface area contributed by atoms with Gasteiger partial charge in [-0.25, -0.2) is 12.8 Å². The van der Waals surface area contributed by atoms with Crippen molar-refractivity contribution in [1.29, 1.82) is 0 Å². The third kappa shape index (κ3) is 3.19. The molecule has 0 amide bonds. The van der Waals surface area contributed by atoms with Gasteiger partial charge < -0.3 is 5.73 Å². The Balaban J connectivity index is 2.44. The molecule has 0 saturated heterocycles. The number of nitrogen functional groups attached to an aromatic ring is 1. The van der Waals surface area contributed by atoms with Gasteiger partial charge in [0.1, 0.15) is 5.82 Å². The summed E-state index contributed by atoms with van der Waals surface area (Å²) >= 11 is 6.14. The van der Waals surface area contributed by atoms with E-state index in [-0.39, 0.29) is 16.3 Å². The Kier molecular flexibility index (Phi) is 4.25. The number of aromatic nitrogens is 2. The summed E-state index contributed by atoms with van der Waals surface area (Å²) in [7, 11) is -2.14. The maximum atomic E-state index is 13.3. The number of nitrogens with two attached hydrogens (primary N) is 1. The van der Waals surface area contributed by atoms with Gasteiger partial charge in [0, 0.05) is 12.7 Å². The quantitative estimate of drug-likeness (QED) is 0.872. The molecule has 0 atom stereocenters. The second-order valence-corrected chi connectivity index (χ2v) is 7.03. The zero-order valence-electron chi connectivity index (χ0n) is 11.6. The number of rotatable bonds is 4. The molecule has 1 heterocycles. The van der Waals surface area contributed by atoms with Crippen LogP contribution in [0, 0.1) is 5.82 Å². The van der Waals surface area contributed by atoms with Gasteiger partial charge in [-0.15, -0.1) is 0 Å². The van der Waals surface area contributed by atoms with Crippen molar-refractivity contribution in [3.63, 3.8) is 0 Å². The third-order valence-corrected chi connectivity index (χ3v) is 5.13. The molecule has 0 saturated carbocycles. The molecule has 1 aromatic heterocycles. The molecular weight excluding hydrogens is 317 g/mol. The fraction of sp³-hybridized carbons (Fsp3) is 0.308. The normalized spacial score (nSPS) is 11.8. The van der Waals surface area contributed by atoms with E-state index in [1.165, 1.54) is 10.7 Å². The lowest BCUT2D eigenvalue weighted by atomic mass is 10.3. The molecule has 0 aliphatic rings. The van der Waals surface area contributed by atoms with E-state index in [1.807, 2.05) is 6.92 Å². The molecule has 0 fully saturated rings. The van der Waals surface area contributed by atoms with Crippen LogP contribution in [0.4, 0.5) is 10.1 Å². The Morgan fingerprint density at radius 1 is 1.38 bits per heavy atom. The topological polar surface area (TPSA) is 78.0 Å². The van der Waals surface area contributed by atoms with Crippen LogP contribution < -0.4 is 5.73 Å². The number of anilines is 1. The van der Waals surface area contributed by atoms with Gasteiger partial charge >= 0.3 is 0 Å². The van der Waals surface area contributed by atoms with Crippen LogP contribution >= 0.6 is 11.6 Å². The van der Waals surface area contributed by atoms with Gasteiger partial charge in [-0.05, 0) is 24.6 Å². The summed E-state index contributed by atoms with van der Waals surface area (Å²) in [6.07, 6.45) is 0.597. The predicted molar refractivity (Wildman–Crippen MR) is 79.3 cm³/mol. The zero-order valence-corrected chi connectivity index (χ0v) is 13.2. The monoisotopic (exact) mass is 331 g/mol. The van der Waals surface area contributed by atoms with Gasteiger partial charge in [0.05, 0.1) is 27.1 Å². The van der Waals surface area contributed by atoms with Crippen molar-refractivity contribution in [1.82, 2.24) is 9.78 Å². The van der Waals surface area contributed by atoms with Crippen molar-refractivity contribution in [2.24, 2.45) is 7.05 Å². The van der Waals surface area contributed by atoms with Gasteiger partial charge in [-0.3, -0.25) is 4.68 Å². The van der Waals surface area contributed by atoms with E-state index in [9.17, 15) is 12.8 Å². The maximum absolute atomic E-state index is 13.3. The lowest BCUT2D eigenvalue weighted by molar-refractivity contribution is 0.587. The van der Waals surface area contributed by atoms with Crippen LogP contribution in [0.25, 0.3) is 0 Å². The first-order chi connectivity index (χ1) is 9.74. The average molecular weight is 332 g/mol. The lowest BCUT2D eigenvalue weighted by Crippen LogP contribution is -2.10. The Morgan fingerprint density at radius 2 is 2.05 bits per heavy atom. The minimum Gasteiger partial charge on any atom is -0.399 e. The van der Waals surface area contributed by atoms with Gasteiger partial charge in [0.25, 0.3) is 0 Å². The van der Waals surface area contributed by atoms with Crippen molar-refractivity contribution in [3.05, 3.63) is 40.4 Å². The molecule has 0 bridgehead atoms. The molecule has 0 aliphatic heterocycles. The first kappa shape index (κ1) is 15.8. The molecule has 8 heteroatoms. The summed E-state index contributed by atoms with van der Waals surface area (Å²) in [5.41, 5.74) is 6.54. The van der Waals surface area contributed by atoms with Crippen LogP contribution in [-0.2, 0) is 29.1 Å². The number of aryl methyl sites for hydroxylation is 2.